The van der Waals surface area contributed by atoms with Crippen LogP contribution in [0, 0.1) is 6.92 Å². The van der Waals surface area contributed by atoms with Crippen molar-refractivity contribution in [1.29, 1.82) is 0 Å². The fourth-order valence-corrected chi connectivity index (χ4v) is 5.64. The molecule has 0 radical (unpaired) electrons. The fourth-order valence-electron chi connectivity index (χ4n) is 5.64. The minimum absolute atomic E-state index is 0. The smallest absolute Gasteiger partial charge is 0.0701 e. The number of hydrogen-bond acceptors (Lipinski definition) is 16. The van der Waals surface area contributed by atoms with Gasteiger partial charge in [0.2, 0.25) is 5.88 Å². The molecule has 2 aromatic heterocycles. The van der Waals surface area contributed by atoms with Crippen molar-refractivity contribution in [3.63, 3.8) is 0 Å². The predicted octanol–water partition coefficient (Wildman–Crippen LogP) is 3.09. The van der Waals surface area contributed by atoms with Gasteiger partial charge in [0.05, 0.1) is 105 Å². The molecule has 3 N–H and O–H groups in total. The molecule has 1 aliphatic rings. The van der Waals surface area contributed by atoms with Gasteiger partial charge in [-0.2, -0.15) is 13.2 Å². The molecule has 0 spiro atoms. The molecule has 1 aromatic carbocycles. The second-order valence-electron chi connectivity index (χ2n) is 13.6. The molecule has 1 saturated heterocycles. The number of halogens is 6. The summed E-state index contributed by atoms with van der Waals surface area (Å²) in [6, 6.07) is 8.17. The molecule has 0 saturated carbocycles. The van der Waals surface area contributed by atoms with Crippen molar-refractivity contribution in [2.75, 3.05) is 144 Å². The SMILES string of the molecule is C.Cc1ncc(CC(=O)c2cccc(C(F)(F)F)c2)cc1-c1cnc(OCCOCCOCCOCCOCC(=O)O)c(N2CCOCC2)c1.I[I-]I.OCCCOCCOCCOCCO. The molecule has 1 aliphatic heterocycles. The summed E-state index contributed by atoms with van der Waals surface area (Å²) in [5.74, 6) is -1.04. The van der Waals surface area contributed by atoms with Crippen LogP contribution in [0.5, 0.6) is 5.88 Å². The predicted molar refractivity (Wildman–Crippen MR) is 257 cm³/mol. The number of carbonyl (C=O) groups is 2. The van der Waals surface area contributed by atoms with Gasteiger partial charge in [-0.1, -0.05) is 19.6 Å². The number of benzene rings is 1. The van der Waals surface area contributed by atoms with Crippen molar-refractivity contribution in [1.82, 2.24) is 9.97 Å². The first-order valence-electron chi connectivity index (χ1n) is 20.9. The molecule has 17 nitrogen and oxygen atoms in total. The molecule has 23 heteroatoms. The Kier molecular flexibility index (Phi) is 37.1. The third-order valence-electron chi connectivity index (χ3n) is 8.75. The van der Waals surface area contributed by atoms with Crippen molar-refractivity contribution < 1.29 is 94.0 Å². The van der Waals surface area contributed by atoms with Gasteiger partial charge in [0.25, 0.3) is 0 Å². The summed E-state index contributed by atoms with van der Waals surface area (Å²) in [7, 11) is 0. The number of anilines is 1. The van der Waals surface area contributed by atoms with Gasteiger partial charge in [-0.3, -0.25) is 9.78 Å². The van der Waals surface area contributed by atoms with E-state index in [4.69, 9.17) is 58.0 Å². The molecule has 0 amide bonds. The molecular formula is C44H64F3I3N3O14-. The molecule has 382 valence electrons. The van der Waals surface area contributed by atoms with Gasteiger partial charge in [0.1, 0.15) is 18.9 Å². The van der Waals surface area contributed by atoms with Crippen LogP contribution in [0.2, 0.25) is 0 Å². The van der Waals surface area contributed by atoms with Crippen LogP contribution < -0.4 is 22.9 Å². The van der Waals surface area contributed by atoms with Gasteiger partial charge < -0.3 is 62.9 Å². The van der Waals surface area contributed by atoms with Crippen molar-refractivity contribution in [2.45, 2.75) is 33.4 Å². The minimum Gasteiger partial charge on any atom is -0.396 e. The Balaban J connectivity index is 0.00000106. The number of ether oxygens (including phenoxy) is 9. The Hall–Kier alpha value is -2.16. The number of aliphatic carboxylic acids is 1. The van der Waals surface area contributed by atoms with E-state index in [-0.39, 0.29) is 59.1 Å². The number of aliphatic hydroxyl groups excluding tert-OH is 2. The summed E-state index contributed by atoms with van der Waals surface area (Å²) < 4.78 is 87.6. The molecule has 67 heavy (non-hydrogen) atoms. The molecule has 0 aliphatic carbocycles. The number of aliphatic hydroxyl groups is 2. The number of Topliss-reactive ketones (excluding diaryl/α,β-unsaturated/α-hetero) is 1. The van der Waals surface area contributed by atoms with E-state index in [9.17, 15) is 22.8 Å². The zero-order valence-corrected chi connectivity index (χ0v) is 43.3. The molecule has 3 heterocycles. The Morgan fingerprint density at radius 1 is 0.761 bits per heavy atom. The van der Waals surface area contributed by atoms with Gasteiger partial charge in [0, 0.05) is 67.5 Å². The minimum atomic E-state index is -4.54. The standard InChI is InChI=1S/C34H40F3N3O9.C9H20O5.CH4.I3/c1-24-29(17-25(21-38-24)18-31(41)26-3-2-4-28(19-26)34(35,36)37)27-20-30(40-5-7-44-8-6-40)33(39-22-27)49-16-15-47-12-11-45-9-10-46-13-14-48-23-32(42)43;10-2-1-4-12-6-8-14-9-7-13-5-3-11;;1-3-2/h2-4,17,19-22H,5-16,18,23H2,1H3,(H,42,43);10-11H,1-9H2;1H4;/q;;;-1. The van der Waals surface area contributed by atoms with E-state index in [0.717, 1.165) is 28.9 Å². The first kappa shape index (κ1) is 62.9. The molecule has 4 rings (SSSR count). The molecule has 0 atom stereocenters. The topological polar surface area (TPSA) is 207 Å². The fraction of sp³-hybridized carbons (Fsp3) is 0.591. The summed E-state index contributed by atoms with van der Waals surface area (Å²) in [6.45, 7) is 9.53. The molecule has 1 fully saturated rings. The number of carbonyl (C=O) groups excluding carboxylic acids is 1. The van der Waals surface area contributed by atoms with Gasteiger partial charge in [0.15, 0.2) is 5.78 Å². The van der Waals surface area contributed by atoms with E-state index in [1.165, 1.54) is 12.1 Å². The van der Waals surface area contributed by atoms with Gasteiger partial charge in [-0.05, 0) is 43.2 Å². The van der Waals surface area contributed by atoms with Gasteiger partial charge in [-0.25, -0.2) is 9.78 Å². The average Bonchev–Trinajstić information content (AvgIpc) is 3.31. The maximum absolute atomic E-state index is 13.2. The number of pyridine rings is 2. The Bertz CT molecular complexity index is 1760. The van der Waals surface area contributed by atoms with Crippen LogP contribution >= 0.6 is 37.2 Å². The van der Waals surface area contributed by atoms with Crippen LogP contribution in [0.25, 0.3) is 11.1 Å². The Morgan fingerprint density at radius 3 is 1.87 bits per heavy atom. The first-order chi connectivity index (χ1) is 31.9. The second-order valence-corrected chi connectivity index (χ2v) is 29.9. The number of hydrogen-bond donors (Lipinski definition) is 3. The average molecular weight is 1300 g/mol. The van der Waals surface area contributed by atoms with Crippen LogP contribution in [0.15, 0.2) is 48.8 Å². The van der Waals surface area contributed by atoms with Crippen molar-refractivity contribution in [2.24, 2.45) is 0 Å². The number of aryl methyl sites for hydroxylation is 1. The van der Waals surface area contributed by atoms with Crippen molar-refractivity contribution in [3.8, 4) is 17.0 Å². The van der Waals surface area contributed by atoms with Gasteiger partial charge in [-0.15, -0.1) is 0 Å². The summed E-state index contributed by atoms with van der Waals surface area (Å²) in [5.41, 5.74) is 2.62. The van der Waals surface area contributed by atoms with E-state index < -0.39 is 23.5 Å². The van der Waals surface area contributed by atoms with Crippen LogP contribution in [-0.2, 0) is 55.3 Å². The second kappa shape index (κ2) is 39.5. The zero-order valence-electron chi connectivity index (χ0n) is 36.8. The molecular weight excluding hydrogens is 1230 g/mol. The van der Waals surface area contributed by atoms with Crippen molar-refractivity contribution >= 4 is 54.7 Å². The van der Waals surface area contributed by atoms with E-state index >= 15 is 0 Å². The molecule has 0 bridgehead atoms. The number of rotatable bonds is 31. The first-order valence-corrected chi connectivity index (χ1v) is 33.5. The maximum Gasteiger partial charge on any atom is 0.0701 e. The summed E-state index contributed by atoms with van der Waals surface area (Å²) >= 11 is 5.30. The zero-order chi connectivity index (χ0) is 48.3. The van der Waals surface area contributed by atoms with Gasteiger partial charge >= 0.3 is 62.6 Å². The van der Waals surface area contributed by atoms with E-state index in [0.29, 0.717) is 136 Å². The summed E-state index contributed by atoms with van der Waals surface area (Å²) in [6.07, 6.45) is -0.771. The Morgan fingerprint density at radius 2 is 1.31 bits per heavy atom. The number of carboxylic acids is 1. The number of aromatic nitrogens is 2. The largest absolute Gasteiger partial charge is 0.396 e. The summed E-state index contributed by atoms with van der Waals surface area (Å²) in [5, 5.41) is 25.3. The van der Waals surface area contributed by atoms with Crippen LogP contribution in [0.1, 0.15) is 41.0 Å². The number of nitrogens with zero attached hydrogens (tertiary/aromatic N) is 3. The summed E-state index contributed by atoms with van der Waals surface area (Å²) in [4.78, 5) is 34.5. The third kappa shape index (κ3) is 28.9. The van der Waals surface area contributed by atoms with E-state index in [1.807, 2.05) is 19.1 Å². The van der Waals surface area contributed by atoms with Crippen molar-refractivity contribution in [3.05, 3.63) is 71.2 Å². The van der Waals surface area contributed by atoms with Crippen LogP contribution in [0.4, 0.5) is 18.9 Å². The third-order valence-corrected chi connectivity index (χ3v) is 8.75. The van der Waals surface area contributed by atoms with Crippen LogP contribution in [-0.4, -0.2) is 176 Å². The monoisotopic (exact) mass is 1300 g/mol. The van der Waals surface area contributed by atoms with Crippen LogP contribution in [0.3, 0.4) is 0 Å². The number of carboxylic acid groups (broad SMARTS) is 1. The van der Waals surface area contributed by atoms with E-state index in [2.05, 4.69) is 52.1 Å². The molecule has 0 unspecified atom stereocenters. The number of ketones is 1. The van der Waals surface area contributed by atoms with E-state index in [1.54, 1.807) is 12.4 Å². The molecule has 3 aromatic rings. The maximum atomic E-state index is 13.2. The normalized spacial score (nSPS) is 12.4. The quantitative estimate of drug-likeness (QED) is 0.0481. The Labute approximate surface area is 420 Å². The number of morpholine rings is 1. The number of alkyl halides is 3.